The minimum atomic E-state index is -1.06. The van der Waals surface area contributed by atoms with Crippen LogP contribution in [0.4, 0.5) is 5.13 Å². The van der Waals surface area contributed by atoms with Crippen LogP contribution in [0, 0.1) is 0 Å². The molecule has 96 valence electrons. The number of amides is 1. The molecule has 1 amide bonds. The van der Waals surface area contributed by atoms with Crippen LogP contribution in [0.5, 0.6) is 0 Å². The third-order valence-electron chi connectivity index (χ3n) is 2.08. The van der Waals surface area contributed by atoms with Crippen molar-refractivity contribution >= 4 is 49.2 Å². The normalized spacial score (nSPS) is 10.6. The molecule has 0 spiro atoms. The number of carboxylic acid groups (broad SMARTS) is 1. The lowest BCUT2D eigenvalue weighted by atomic mass is 10.4. The van der Waals surface area contributed by atoms with E-state index >= 15 is 0 Å². The number of carbonyl (C=O) groups excluding carboxylic acids is 1. The van der Waals surface area contributed by atoms with E-state index in [9.17, 15) is 9.59 Å². The largest absolute Gasteiger partial charge is 0.480 e. The Labute approximate surface area is 111 Å². The quantitative estimate of drug-likeness (QED) is 0.883. The third kappa shape index (κ3) is 2.59. The molecule has 2 heterocycles. The zero-order valence-corrected chi connectivity index (χ0v) is 11.4. The van der Waals surface area contributed by atoms with Crippen LogP contribution in [-0.2, 0) is 4.79 Å². The predicted octanol–water partition coefficient (Wildman–Crippen LogP) is 1.24. The summed E-state index contributed by atoms with van der Waals surface area (Å²) in [5.74, 6) is -1.44. The van der Waals surface area contributed by atoms with Gasteiger partial charge in [-0.05, 0) is 6.07 Å². The molecule has 0 radical (unpaired) electrons. The molecule has 0 fully saturated rings. The molecule has 8 heteroatoms. The van der Waals surface area contributed by atoms with E-state index in [-0.39, 0.29) is 12.5 Å². The van der Waals surface area contributed by atoms with Crippen molar-refractivity contribution in [2.45, 2.75) is 0 Å². The molecule has 0 aliphatic heterocycles. The van der Waals surface area contributed by atoms with Gasteiger partial charge in [0.05, 0.1) is 9.58 Å². The van der Waals surface area contributed by atoms with Crippen LogP contribution < -0.4 is 10.2 Å². The number of nitrogens with one attached hydrogen (secondary N) is 1. The second-order valence-electron chi connectivity index (χ2n) is 3.75. The maximum Gasteiger partial charge on any atom is 0.322 e. The molecule has 0 saturated heterocycles. The van der Waals surface area contributed by atoms with Crippen molar-refractivity contribution in [2.75, 3.05) is 25.5 Å². The van der Waals surface area contributed by atoms with Crippen molar-refractivity contribution in [2.24, 2.45) is 0 Å². The number of aromatic nitrogens is 1. The summed E-state index contributed by atoms with van der Waals surface area (Å²) in [6, 6.07) is 1.74. The number of rotatable bonds is 4. The van der Waals surface area contributed by atoms with Crippen molar-refractivity contribution in [1.82, 2.24) is 10.3 Å². The summed E-state index contributed by atoms with van der Waals surface area (Å²) in [5.41, 5.74) is 0. The molecule has 6 nitrogen and oxygen atoms in total. The molecule has 0 aliphatic rings. The molecule has 2 aromatic heterocycles. The second kappa shape index (κ2) is 4.91. The Morgan fingerprint density at radius 1 is 1.44 bits per heavy atom. The van der Waals surface area contributed by atoms with E-state index < -0.39 is 5.97 Å². The number of fused-ring (bicyclic) bond motifs is 1. The van der Waals surface area contributed by atoms with Gasteiger partial charge >= 0.3 is 5.97 Å². The molecular formula is C10H11N3O3S2. The first-order valence-corrected chi connectivity index (χ1v) is 6.68. The Morgan fingerprint density at radius 2 is 2.17 bits per heavy atom. The summed E-state index contributed by atoms with van der Waals surface area (Å²) in [7, 11) is 3.81. The van der Waals surface area contributed by atoms with Crippen molar-refractivity contribution in [1.29, 1.82) is 0 Å². The lowest BCUT2D eigenvalue weighted by Crippen LogP contribution is -2.28. The number of thiophene rings is 1. The molecule has 0 aliphatic carbocycles. The Morgan fingerprint density at radius 3 is 2.72 bits per heavy atom. The summed E-state index contributed by atoms with van der Waals surface area (Å²) in [6.45, 7) is -0.374. The number of hydrogen-bond donors (Lipinski definition) is 2. The van der Waals surface area contributed by atoms with Crippen LogP contribution in [0.2, 0.25) is 0 Å². The van der Waals surface area contributed by atoms with E-state index in [1.165, 1.54) is 22.7 Å². The third-order valence-corrected chi connectivity index (χ3v) is 4.41. The molecule has 2 aromatic rings. The van der Waals surface area contributed by atoms with Gasteiger partial charge in [0, 0.05) is 14.1 Å². The number of hydrogen-bond acceptors (Lipinski definition) is 6. The fourth-order valence-corrected chi connectivity index (χ4v) is 3.32. The minimum Gasteiger partial charge on any atom is -0.480 e. The number of anilines is 1. The topological polar surface area (TPSA) is 82.5 Å². The van der Waals surface area contributed by atoms with Gasteiger partial charge in [0.15, 0.2) is 5.13 Å². The summed E-state index contributed by atoms with van der Waals surface area (Å²) in [4.78, 5) is 29.5. The van der Waals surface area contributed by atoms with Crippen LogP contribution in [0.15, 0.2) is 6.07 Å². The van der Waals surface area contributed by atoms with E-state index in [4.69, 9.17) is 5.11 Å². The molecule has 18 heavy (non-hydrogen) atoms. The van der Waals surface area contributed by atoms with Crippen LogP contribution in [0.1, 0.15) is 9.67 Å². The van der Waals surface area contributed by atoms with E-state index in [1.54, 1.807) is 6.07 Å². The van der Waals surface area contributed by atoms with Gasteiger partial charge in [-0.25, -0.2) is 4.98 Å². The summed E-state index contributed by atoms with van der Waals surface area (Å²) < 4.78 is 0.934. The smallest absolute Gasteiger partial charge is 0.322 e. The number of nitrogens with zero attached hydrogens (tertiary/aromatic N) is 2. The van der Waals surface area contributed by atoms with Crippen molar-refractivity contribution in [3.05, 3.63) is 10.9 Å². The van der Waals surface area contributed by atoms with Crippen molar-refractivity contribution in [3.8, 4) is 0 Å². The van der Waals surface area contributed by atoms with Gasteiger partial charge in [0.2, 0.25) is 0 Å². The Balaban J connectivity index is 2.18. The first-order chi connectivity index (χ1) is 8.47. The maximum atomic E-state index is 11.6. The SMILES string of the molecule is CN(C)c1nc2sc(C(=O)NCC(=O)O)cc2s1. The van der Waals surface area contributed by atoms with Crippen LogP contribution >= 0.6 is 22.7 Å². The molecule has 2 N–H and O–H groups in total. The lowest BCUT2D eigenvalue weighted by molar-refractivity contribution is -0.135. The van der Waals surface area contributed by atoms with E-state index in [0.717, 1.165) is 14.7 Å². The molecule has 2 rings (SSSR count). The van der Waals surface area contributed by atoms with Gasteiger partial charge in [-0.15, -0.1) is 11.3 Å². The minimum absolute atomic E-state index is 0.374. The Bertz CT molecular complexity index is 571. The lowest BCUT2D eigenvalue weighted by Gasteiger charge is -2.04. The highest BCUT2D eigenvalue weighted by atomic mass is 32.1. The highest BCUT2D eigenvalue weighted by Crippen LogP contribution is 2.33. The Kier molecular flexibility index (Phi) is 3.48. The van der Waals surface area contributed by atoms with Gasteiger partial charge in [0.25, 0.3) is 5.91 Å². The van der Waals surface area contributed by atoms with Gasteiger partial charge in [-0.1, -0.05) is 11.3 Å². The first kappa shape index (κ1) is 12.8. The summed E-state index contributed by atoms with van der Waals surface area (Å²) in [5, 5.41) is 11.7. The monoisotopic (exact) mass is 285 g/mol. The molecule has 0 unspecified atom stereocenters. The van der Waals surface area contributed by atoms with Crippen LogP contribution in [0.25, 0.3) is 9.53 Å². The highest BCUT2D eigenvalue weighted by molar-refractivity contribution is 7.29. The van der Waals surface area contributed by atoms with Gasteiger partial charge in [-0.2, -0.15) is 0 Å². The number of carbonyl (C=O) groups is 2. The molecule has 0 aromatic carbocycles. The fraction of sp³-hybridized carbons (Fsp3) is 0.300. The van der Waals surface area contributed by atoms with Crippen LogP contribution in [-0.4, -0.2) is 42.6 Å². The average molecular weight is 285 g/mol. The molecular weight excluding hydrogens is 274 g/mol. The number of aliphatic carboxylic acids is 1. The predicted molar refractivity (Wildman–Crippen MR) is 71.8 cm³/mol. The number of thiazole rings is 1. The first-order valence-electron chi connectivity index (χ1n) is 5.05. The van der Waals surface area contributed by atoms with E-state index in [2.05, 4.69) is 10.3 Å². The van der Waals surface area contributed by atoms with Crippen molar-refractivity contribution in [3.63, 3.8) is 0 Å². The zero-order valence-electron chi connectivity index (χ0n) is 9.76. The number of carboxylic acids is 1. The van der Waals surface area contributed by atoms with Gasteiger partial charge < -0.3 is 15.3 Å². The van der Waals surface area contributed by atoms with E-state index in [0.29, 0.717) is 4.88 Å². The van der Waals surface area contributed by atoms with E-state index in [1.807, 2.05) is 19.0 Å². The van der Waals surface area contributed by atoms with Crippen LogP contribution in [0.3, 0.4) is 0 Å². The van der Waals surface area contributed by atoms with Gasteiger partial charge in [0.1, 0.15) is 11.4 Å². The summed E-state index contributed by atoms with van der Waals surface area (Å²) >= 11 is 2.76. The highest BCUT2D eigenvalue weighted by Gasteiger charge is 2.14. The Hall–Kier alpha value is -1.67. The van der Waals surface area contributed by atoms with Gasteiger partial charge in [-0.3, -0.25) is 9.59 Å². The second-order valence-corrected chi connectivity index (χ2v) is 5.79. The molecule has 0 saturated carbocycles. The summed E-state index contributed by atoms with van der Waals surface area (Å²) in [6.07, 6.45) is 0. The standard InChI is InChI=1S/C10H11N3O3S2/c1-13(2)10-12-9-6(18-10)3-5(17-9)8(16)11-4-7(14)15/h3H,4H2,1-2H3,(H,11,16)(H,14,15). The zero-order chi connectivity index (χ0) is 13.3. The average Bonchev–Trinajstić information content (AvgIpc) is 2.82. The molecule has 0 atom stereocenters. The fourth-order valence-electron chi connectivity index (χ4n) is 1.27. The maximum absolute atomic E-state index is 11.6. The molecule has 0 bridgehead atoms. The van der Waals surface area contributed by atoms with Crippen molar-refractivity contribution < 1.29 is 14.7 Å².